The summed E-state index contributed by atoms with van der Waals surface area (Å²) in [6.45, 7) is 0. The van der Waals surface area contributed by atoms with E-state index in [0.29, 0.717) is 5.92 Å². The van der Waals surface area contributed by atoms with E-state index >= 15 is 0 Å². The third kappa shape index (κ3) is 2.23. The lowest BCUT2D eigenvalue weighted by molar-refractivity contribution is 0.223. The molecule has 0 aliphatic heterocycles. The molecule has 4 heteroatoms. The number of methoxy groups -OCH3 is 2. The first-order valence-electron chi connectivity index (χ1n) is 5.98. The van der Waals surface area contributed by atoms with Crippen LogP contribution in [0.1, 0.15) is 30.9 Å². The number of nitrogens with two attached hydrogens (primary N) is 1. The molecule has 0 heterocycles. The highest BCUT2D eigenvalue weighted by molar-refractivity contribution is 5.47. The molecular formula is C13H20N2O2. The molecule has 1 unspecified atom stereocenters. The molecule has 1 aliphatic carbocycles. The van der Waals surface area contributed by atoms with Crippen molar-refractivity contribution in [3.63, 3.8) is 0 Å². The minimum Gasteiger partial charge on any atom is -0.496 e. The first kappa shape index (κ1) is 12.2. The Balaban J connectivity index is 2.38. The van der Waals surface area contributed by atoms with Gasteiger partial charge in [0.2, 0.25) is 0 Å². The van der Waals surface area contributed by atoms with Crippen molar-refractivity contribution < 1.29 is 9.47 Å². The summed E-state index contributed by atoms with van der Waals surface area (Å²) in [6, 6.07) is 5.92. The van der Waals surface area contributed by atoms with Crippen LogP contribution in [0.15, 0.2) is 18.2 Å². The van der Waals surface area contributed by atoms with Crippen LogP contribution < -0.4 is 20.7 Å². The van der Waals surface area contributed by atoms with Gasteiger partial charge in [0.15, 0.2) is 0 Å². The number of ether oxygens (including phenoxy) is 2. The van der Waals surface area contributed by atoms with Gasteiger partial charge in [0.25, 0.3) is 0 Å². The molecule has 1 aromatic rings. The van der Waals surface area contributed by atoms with Crippen molar-refractivity contribution in [3.8, 4) is 11.5 Å². The minimum absolute atomic E-state index is 0.106. The largest absolute Gasteiger partial charge is 0.496 e. The van der Waals surface area contributed by atoms with E-state index in [1.807, 2.05) is 18.2 Å². The van der Waals surface area contributed by atoms with Crippen LogP contribution in [0, 0.1) is 5.92 Å². The van der Waals surface area contributed by atoms with Gasteiger partial charge in [-0.15, -0.1) is 0 Å². The van der Waals surface area contributed by atoms with E-state index in [4.69, 9.17) is 15.3 Å². The van der Waals surface area contributed by atoms with Crippen LogP contribution in [0.4, 0.5) is 0 Å². The average molecular weight is 236 g/mol. The number of benzene rings is 1. The fourth-order valence-electron chi connectivity index (χ4n) is 2.41. The fourth-order valence-corrected chi connectivity index (χ4v) is 2.41. The van der Waals surface area contributed by atoms with E-state index in [2.05, 4.69) is 5.43 Å². The molecular weight excluding hydrogens is 216 g/mol. The molecule has 1 fully saturated rings. The summed E-state index contributed by atoms with van der Waals surface area (Å²) in [7, 11) is 3.35. The van der Waals surface area contributed by atoms with Gasteiger partial charge in [-0.25, -0.2) is 0 Å². The van der Waals surface area contributed by atoms with E-state index in [9.17, 15) is 0 Å². The monoisotopic (exact) mass is 236 g/mol. The molecule has 0 aromatic heterocycles. The summed E-state index contributed by atoms with van der Waals surface area (Å²) in [5.74, 6) is 7.94. The molecule has 0 saturated heterocycles. The molecule has 0 bridgehead atoms. The zero-order valence-electron chi connectivity index (χ0n) is 10.4. The van der Waals surface area contributed by atoms with Crippen molar-refractivity contribution in [2.75, 3.05) is 14.2 Å². The fraction of sp³-hybridized carbons (Fsp3) is 0.538. The SMILES string of the molecule is COc1cccc(OC)c1C(NN)C1CCC1. The Kier molecular flexibility index (Phi) is 3.86. The zero-order valence-corrected chi connectivity index (χ0v) is 10.4. The highest BCUT2D eigenvalue weighted by Crippen LogP contribution is 2.43. The number of rotatable bonds is 5. The Morgan fingerprint density at radius 1 is 1.24 bits per heavy atom. The van der Waals surface area contributed by atoms with Crippen molar-refractivity contribution in [2.45, 2.75) is 25.3 Å². The van der Waals surface area contributed by atoms with Crippen LogP contribution in [-0.2, 0) is 0 Å². The Hall–Kier alpha value is -1.26. The summed E-state index contributed by atoms with van der Waals surface area (Å²) < 4.78 is 10.8. The predicted molar refractivity (Wildman–Crippen MR) is 67.0 cm³/mol. The number of hydrazine groups is 1. The van der Waals surface area contributed by atoms with Crippen LogP contribution in [0.3, 0.4) is 0 Å². The maximum Gasteiger partial charge on any atom is 0.127 e. The third-order valence-corrected chi connectivity index (χ3v) is 3.58. The lowest BCUT2D eigenvalue weighted by Crippen LogP contribution is -2.36. The molecule has 1 saturated carbocycles. The first-order chi connectivity index (χ1) is 8.31. The van der Waals surface area contributed by atoms with E-state index in [-0.39, 0.29) is 6.04 Å². The molecule has 2 rings (SSSR count). The highest BCUT2D eigenvalue weighted by Gasteiger charge is 2.31. The maximum atomic E-state index is 5.70. The molecule has 4 nitrogen and oxygen atoms in total. The molecule has 1 aromatic carbocycles. The molecule has 0 amide bonds. The second-order valence-corrected chi connectivity index (χ2v) is 4.41. The standard InChI is InChI=1S/C13H20N2O2/c1-16-10-7-4-8-11(17-2)12(10)13(15-14)9-5-3-6-9/h4,7-9,13,15H,3,5-6,14H2,1-2H3. The predicted octanol–water partition coefficient (Wildman–Crippen LogP) is 2.01. The van der Waals surface area contributed by atoms with Crippen LogP contribution in [0.25, 0.3) is 0 Å². The lowest BCUT2D eigenvalue weighted by Gasteiger charge is -2.34. The average Bonchev–Trinajstić information content (AvgIpc) is 2.32. The Labute approximate surface area is 102 Å². The Bertz CT molecular complexity index is 355. The smallest absolute Gasteiger partial charge is 0.127 e. The summed E-state index contributed by atoms with van der Waals surface area (Å²) >= 11 is 0. The summed E-state index contributed by atoms with van der Waals surface area (Å²) in [5.41, 5.74) is 3.94. The maximum absolute atomic E-state index is 5.70. The third-order valence-electron chi connectivity index (χ3n) is 3.58. The molecule has 3 N–H and O–H groups in total. The topological polar surface area (TPSA) is 56.5 Å². The van der Waals surface area contributed by atoms with Gasteiger partial charge < -0.3 is 9.47 Å². The molecule has 1 aliphatic rings. The Morgan fingerprint density at radius 3 is 2.18 bits per heavy atom. The quantitative estimate of drug-likeness (QED) is 0.606. The molecule has 17 heavy (non-hydrogen) atoms. The summed E-state index contributed by atoms with van der Waals surface area (Å²) in [6.07, 6.45) is 3.69. The number of hydrogen-bond donors (Lipinski definition) is 2. The van der Waals surface area contributed by atoms with E-state index < -0.39 is 0 Å². The van der Waals surface area contributed by atoms with Gasteiger partial charge >= 0.3 is 0 Å². The van der Waals surface area contributed by atoms with Crippen LogP contribution in [0.2, 0.25) is 0 Å². The molecule has 1 atom stereocenters. The zero-order chi connectivity index (χ0) is 12.3. The van der Waals surface area contributed by atoms with Crippen molar-refractivity contribution in [3.05, 3.63) is 23.8 Å². The number of hydrogen-bond acceptors (Lipinski definition) is 4. The van der Waals surface area contributed by atoms with Gasteiger partial charge in [-0.05, 0) is 30.9 Å². The molecule has 94 valence electrons. The highest BCUT2D eigenvalue weighted by atomic mass is 16.5. The Morgan fingerprint density at radius 2 is 1.82 bits per heavy atom. The molecule has 0 radical (unpaired) electrons. The van der Waals surface area contributed by atoms with E-state index in [1.54, 1.807) is 14.2 Å². The van der Waals surface area contributed by atoms with Crippen molar-refractivity contribution in [1.29, 1.82) is 0 Å². The number of nitrogens with one attached hydrogen (secondary N) is 1. The van der Waals surface area contributed by atoms with Crippen molar-refractivity contribution in [2.24, 2.45) is 11.8 Å². The lowest BCUT2D eigenvalue weighted by atomic mass is 9.77. The van der Waals surface area contributed by atoms with Crippen molar-refractivity contribution in [1.82, 2.24) is 5.43 Å². The normalized spacial score (nSPS) is 17.4. The van der Waals surface area contributed by atoms with Gasteiger partial charge in [0, 0.05) is 0 Å². The van der Waals surface area contributed by atoms with Gasteiger partial charge in [-0.1, -0.05) is 12.5 Å². The van der Waals surface area contributed by atoms with Gasteiger partial charge in [-0.3, -0.25) is 11.3 Å². The van der Waals surface area contributed by atoms with Gasteiger partial charge in [-0.2, -0.15) is 0 Å². The first-order valence-corrected chi connectivity index (χ1v) is 5.98. The van der Waals surface area contributed by atoms with Gasteiger partial charge in [0.05, 0.1) is 25.8 Å². The molecule has 0 spiro atoms. The van der Waals surface area contributed by atoms with Crippen molar-refractivity contribution >= 4 is 0 Å². The summed E-state index contributed by atoms with van der Waals surface area (Å²) in [5, 5.41) is 0. The second kappa shape index (κ2) is 5.38. The van der Waals surface area contributed by atoms with Crippen LogP contribution in [0.5, 0.6) is 11.5 Å². The van der Waals surface area contributed by atoms with Crippen LogP contribution in [-0.4, -0.2) is 14.2 Å². The minimum atomic E-state index is 0.106. The van der Waals surface area contributed by atoms with Gasteiger partial charge in [0.1, 0.15) is 11.5 Å². The van der Waals surface area contributed by atoms with E-state index in [0.717, 1.165) is 17.1 Å². The summed E-state index contributed by atoms with van der Waals surface area (Å²) in [4.78, 5) is 0. The van der Waals surface area contributed by atoms with E-state index in [1.165, 1.54) is 19.3 Å². The second-order valence-electron chi connectivity index (χ2n) is 4.41. The van der Waals surface area contributed by atoms with Crippen LogP contribution >= 0.6 is 0 Å².